The largest absolute Gasteiger partial charge is 0.338 e. The highest BCUT2D eigenvalue weighted by Gasteiger charge is 2.20. The summed E-state index contributed by atoms with van der Waals surface area (Å²) in [6.45, 7) is 10.1. The molecule has 1 aromatic rings. The summed E-state index contributed by atoms with van der Waals surface area (Å²) in [6.07, 6.45) is 16.4. The van der Waals surface area contributed by atoms with Gasteiger partial charge in [-0.05, 0) is 31.2 Å². The number of unbranched alkanes of at least 4 members (excludes halogenated alkanes) is 3. The Hall–Kier alpha value is -1.12. The molecule has 0 saturated carbocycles. The summed E-state index contributed by atoms with van der Waals surface area (Å²) >= 11 is 0. The Bertz CT molecular complexity index is 380. The zero-order valence-electron chi connectivity index (χ0n) is 15.9. The lowest BCUT2D eigenvalue weighted by Crippen LogP contribution is -2.37. The molecule has 0 N–H and O–H groups in total. The topological polar surface area (TPSA) is 29.0 Å². The van der Waals surface area contributed by atoms with Gasteiger partial charge in [0, 0.05) is 25.0 Å². The average Bonchev–Trinajstić information content (AvgIpc) is 2.58. The van der Waals surface area contributed by atoms with E-state index in [0.717, 1.165) is 25.3 Å². The first-order valence-electron chi connectivity index (χ1n) is 9.84. The zero-order valence-corrected chi connectivity index (χ0v) is 15.9. The molecule has 0 saturated heterocycles. The third-order valence-corrected chi connectivity index (χ3v) is 4.46. The van der Waals surface area contributed by atoms with Crippen LogP contribution in [0.3, 0.4) is 0 Å². The van der Waals surface area contributed by atoms with Crippen LogP contribution in [0, 0.1) is 0 Å². The van der Waals surface area contributed by atoms with E-state index in [-0.39, 0.29) is 0 Å². The molecule has 0 radical (unpaired) electrons. The monoisotopic (exact) mass is 319 g/mol. The van der Waals surface area contributed by atoms with Gasteiger partial charge in [-0.15, -0.1) is 0 Å². The minimum Gasteiger partial charge on any atom is -0.338 e. The molecule has 0 aliphatic heterocycles. The first kappa shape index (κ1) is 19.9. The molecule has 0 amide bonds. The highest BCUT2D eigenvalue weighted by atomic mass is 15.3. The van der Waals surface area contributed by atoms with Crippen molar-refractivity contribution >= 4 is 5.95 Å². The Morgan fingerprint density at radius 2 is 1.39 bits per heavy atom. The highest BCUT2D eigenvalue weighted by Crippen LogP contribution is 2.21. The van der Waals surface area contributed by atoms with Crippen LogP contribution in [0.25, 0.3) is 0 Å². The van der Waals surface area contributed by atoms with Gasteiger partial charge in [0.1, 0.15) is 0 Å². The second kappa shape index (κ2) is 12.3. The van der Waals surface area contributed by atoms with Gasteiger partial charge in [-0.1, -0.05) is 66.2 Å². The van der Waals surface area contributed by atoms with Crippen molar-refractivity contribution in [2.24, 2.45) is 0 Å². The molecule has 0 aliphatic rings. The fourth-order valence-electron chi connectivity index (χ4n) is 3.02. The third kappa shape index (κ3) is 7.32. The van der Waals surface area contributed by atoms with Crippen LogP contribution in [0.4, 0.5) is 5.95 Å². The average molecular weight is 320 g/mol. The summed E-state index contributed by atoms with van der Waals surface area (Å²) in [5.74, 6) is 0.940. The van der Waals surface area contributed by atoms with Crippen molar-refractivity contribution in [2.75, 3.05) is 11.4 Å². The standard InChI is InChI=1S/C20H37N3/c1-5-9-13-19(14-10-6-2)23(15-11-7-3)20-21-16-18(12-8-4)17-22-20/h16-17,19H,5-15H2,1-4H3. The van der Waals surface area contributed by atoms with Crippen molar-refractivity contribution in [3.8, 4) is 0 Å². The Morgan fingerprint density at radius 3 is 1.87 bits per heavy atom. The molecule has 3 heteroatoms. The van der Waals surface area contributed by atoms with Crippen molar-refractivity contribution in [3.63, 3.8) is 0 Å². The fraction of sp³-hybridized carbons (Fsp3) is 0.800. The van der Waals surface area contributed by atoms with Gasteiger partial charge >= 0.3 is 0 Å². The van der Waals surface area contributed by atoms with Crippen LogP contribution in [-0.4, -0.2) is 22.6 Å². The summed E-state index contributed by atoms with van der Waals surface area (Å²) < 4.78 is 0. The van der Waals surface area contributed by atoms with E-state index in [1.807, 2.05) is 12.4 Å². The molecule has 132 valence electrons. The normalized spacial score (nSPS) is 11.2. The van der Waals surface area contributed by atoms with Crippen molar-refractivity contribution in [2.45, 2.75) is 97.9 Å². The van der Waals surface area contributed by atoms with Gasteiger partial charge in [0.15, 0.2) is 0 Å². The van der Waals surface area contributed by atoms with E-state index in [1.165, 1.54) is 56.9 Å². The Kier molecular flexibility index (Phi) is 10.7. The van der Waals surface area contributed by atoms with E-state index < -0.39 is 0 Å². The maximum absolute atomic E-state index is 4.70. The number of hydrogen-bond acceptors (Lipinski definition) is 3. The molecule has 0 aliphatic carbocycles. The molecule has 1 heterocycles. The molecule has 1 aromatic heterocycles. The van der Waals surface area contributed by atoms with Crippen LogP contribution < -0.4 is 4.90 Å². The van der Waals surface area contributed by atoms with E-state index in [9.17, 15) is 0 Å². The van der Waals surface area contributed by atoms with Crippen LogP contribution in [0.1, 0.15) is 91.0 Å². The molecule has 23 heavy (non-hydrogen) atoms. The summed E-state index contributed by atoms with van der Waals surface area (Å²) in [5.41, 5.74) is 1.25. The number of rotatable bonds is 13. The number of anilines is 1. The van der Waals surface area contributed by atoms with E-state index in [2.05, 4.69) is 32.6 Å². The van der Waals surface area contributed by atoms with E-state index in [4.69, 9.17) is 9.97 Å². The minimum absolute atomic E-state index is 0.596. The van der Waals surface area contributed by atoms with Crippen LogP contribution in [-0.2, 0) is 6.42 Å². The molecule has 0 aromatic carbocycles. The van der Waals surface area contributed by atoms with Crippen molar-refractivity contribution in [1.82, 2.24) is 9.97 Å². The lowest BCUT2D eigenvalue weighted by Gasteiger charge is -2.32. The minimum atomic E-state index is 0.596. The lowest BCUT2D eigenvalue weighted by atomic mass is 10.0. The summed E-state index contributed by atoms with van der Waals surface area (Å²) in [6, 6.07) is 0.596. The maximum Gasteiger partial charge on any atom is 0.225 e. The smallest absolute Gasteiger partial charge is 0.225 e. The number of nitrogens with zero attached hydrogens (tertiary/aromatic N) is 3. The molecule has 0 unspecified atom stereocenters. The molecule has 0 atom stereocenters. The quantitative estimate of drug-likeness (QED) is 0.461. The van der Waals surface area contributed by atoms with Gasteiger partial charge < -0.3 is 4.90 Å². The second-order valence-corrected chi connectivity index (χ2v) is 6.63. The lowest BCUT2D eigenvalue weighted by molar-refractivity contribution is 0.468. The van der Waals surface area contributed by atoms with E-state index in [0.29, 0.717) is 6.04 Å². The first-order valence-corrected chi connectivity index (χ1v) is 9.84. The Labute approximate surface area is 143 Å². The molecule has 0 bridgehead atoms. The summed E-state index contributed by atoms with van der Waals surface area (Å²) in [7, 11) is 0. The Morgan fingerprint density at radius 1 is 0.826 bits per heavy atom. The summed E-state index contributed by atoms with van der Waals surface area (Å²) in [4.78, 5) is 11.9. The van der Waals surface area contributed by atoms with Crippen molar-refractivity contribution in [3.05, 3.63) is 18.0 Å². The highest BCUT2D eigenvalue weighted by molar-refractivity contribution is 5.31. The van der Waals surface area contributed by atoms with Crippen molar-refractivity contribution < 1.29 is 0 Å². The van der Waals surface area contributed by atoms with Crippen LogP contribution in [0.15, 0.2) is 12.4 Å². The predicted molar refractivity (Wildman–Crippen MR) is 101 cm³/mol. The van der Waals surface area contributed by atoms with E-state index >= 15 is 0 Å². The number of aryl methyl sites for hydroxylation is 1. The van der Waals surface area contributed by atoms with Gasteiger partial charge in [0.25, 0.3) is 0 Å². The maximum atomic E-state index is 4.70. The van der Waals surface area contributed by atoms with Gasteiger partial charge in [-0.2, -0.15) is 0 Å². The Balaban J connectivity index is 2.88. The number of hydrogen-bond donors (Lipinski definition) is 0. The van der Waals surface area contributed by atoms with Gasteiger partial charge in [0.05, 0.1) is 0 Å². The zero-order chi connectivity index (χ0) is 16.9. The molecule has 1 rings (SSSR count). The van der Waals surface area contributed by atoms with Crippen LogP contribution in [0.5, 0.6) is 0 Å². The molecular formula is C20H37N3. The molecule has 3 nitrogen and oxygen atoms in total. The summed E-state index contributed by atoms with van der Waals surface area (Å²) in [5, 5.41) is 0. The van der Waals surface area contributed by atoms with Crippen LogP contribution >= 0.6 is 0 Å². The first-order chi connectivity index (χ1) is 11.3. The van der Waals surface area contributed by atoms with E-state index in [1.54, 1.807) is 0 Å². The molecule has 0 spiro atoms. The fourth-order valence-corrected chi connectivity index (χ4v) is 3.02. The van der Waals surface area contributed by atoms with Crippen LogP contribution in [0.2, 0.25) is 0 Å². The third-order valence-electron chi connectivity index (χ3n) is 4.46. The molecular weight excluding hydrogens is 282 g/mol. The van der Waals surface area contributed by atoms with Gasteiger partial charge in [-0.25, -0.2) is 9.97 Å². The van der Waals surface area contributed by atoms with Crippen molar-refractivity contribution in [1.29, 1.82) is 0 Å². The second-order valence-electron chi connectivity index (χ2n) is 6.63. The van der Waals surface area contributed by atoms with Gasteiger partial charge in [-0.3, -0.25) is 0 Å². The molecule has 0 fully saturated rings. The predicted octanol–water partition coefficient (Wildman–Crippen LogP) is 5.78. The SMILES string of the molecule is CCCCC(CCCC)N(CCCC)c1ncc(CCC)cn1. The van der Waals surface area contributed by atoms with Gasteiger partial charge in [0.2, 0.25) is 5.95 Å². The number of aromatic nitrogens is 2.